The Bertz CT molecular complexity index is 297. The van der Waals surface area contributed by atoms with Gasteiger partial charge in [-0.15, -0.1) is 0 Å². The van der Waals surface area contributed by atoms with Crippen LogP contribution in [0.25, 0.3) is 0 Å². The van der Waals surface area contributed by atoms with E-state index in [1.807, 2.05) is 0 Å². The lowest BCUT2D eigenvalue weighted by atomic mass is 9.91. The summed E-state index contributed by atoms with van der Waals surface area (Å²) in [6, 6.07) is 0.600. The number of hydrogen-bond acceptors (Lipinski definition) is 3. The average molecular weight is 251 g/mol. The third kappa shape index (κ3) is 2.62. The van der Waals surface area contributed by atoms with Crippen molar-refractivity contribution in [3.05, 3.63) is 0 Å². The maximum atomic E-state index is 12.5. The second-order valence-corrected chi connectivity index (χ2v) is 6.20. The summed E-state index contributed by atoms with van der Waals surface area (Å²) in [6.07, 6.45) is 9.69. The number of carbonyl (C=O) groups excluding carboxylic acids is 1. The van der Waals surface area contributed by atoms with Gasteiger partial charge in [-0.2, -0.15) is 0 Å². The zero-order valence-electron chi connectivity index (χ0n) is 11.3. The first-order valence-corrected chi connectivity index (χ1v) is 7.74. The minimum absolute atomic E-state index is 0.123. The first kappa shape index (κ1) is 12.6. The standard InChI is InChI=1S/C15H25NO2/c17-15(12-6-3-1-2-4-7-12)14-10-16-9-5-8-13(16)11-18-14/h12-14H,1-11H2. The fourth-order valence-corrected chi connectivity index (χ4v) is 3.82. The highest BCUT2D eigenvalue weighted by Gasteiger charge is 2.37. The lowest BCUT2D eigenvalue weighted by Crippen LogP contribution is -2.50. The fraction of sp³-hybridized carbons (Fsp3) is 0.933. The Balaban J connectivity index is 1.58. The molecular formula is C15H25NO2. The van der Waals surface area contributed by atoms with Crippen molar-refractivity contribution in [2.24, 2.45) is 5.92 Å². The second-order valence-electron chi connectivity index (χ2n) is 6.20. The van der Waals surface area contributed by atoms with E-state index >= 15 is 0 Å². The van der Waals surface area contributed by atoms with E-state index in [0.717, 1.165) is 26.0 Å². The molecule has 0 spiro atoms. The molecule has 3 heteroatoms. The molecule has 3 rings (SSSR count). The van der Waals surface area contributed by atoms with Gasteiger partial charge in [0.15, 0.2) is 5.78 Å². The predicted octanol–water partition coefficient (Wildman–Crippen LogP) is 2.39. The summed E-state index contributed by atoms with van der Waals surface area (Å²) in [6.45, 7) is 2.81. The van der Waals surface area contributed by atoms with Crippen LogP contribution in [0, 0.1) is 5.92 Å². The number of ketones is 1. The zero-order chi connectivity index (χ0) is 12.4. The molecule has 0 amide bonds. The van der Waals surface area contributed by atoms with E-state index in [0.29, 0.717) is 11.8 Å². The predicted molar refractivity (Wildman–Crippen MR) is 70.5 cm³/mol. The molecule has 1 aliphatic carbocycles. The summed E-state index contributed by atoms with van der Waals surface area (Å²) < 4.78 is 5.86. The largest absolute Gasteiger partial charge is 0.367 e. The maximum absolute atomic E-state index is 12.5. The van der Waals surface area contributed by atoms with Gasteiger partial charge < -0.3 is 4.74 Å². The zero-order valence-corrected chi connectivity index (χ0v) is 11.3. The van der Waals surface area contributed by atoms with Crippen molar-refractivity contribution in [2.75, 3.05) is 19.7 Å². The molecule has 0 aromatic heterocycles. The molecule has 1 saturated carbocycles. The topological polar surface area (TPSA) is 29.5 Å². The number of fused-ring (bicyclic) bond motifs is 1. The van der Waals surface area contributed by atoms with Crippen molar-refractivity contribution in [1.29, 1.82) is 0 Å². The van der Waals surface area contributed by atoms with Crippen LogP contribution in [0.3, 0.4) is 0 Å². The number of rotatable bonds is 2. The monoisotopic (exact) mass is 251 g/mol. The third-order valence-electron chi connectivity index (χ3n) is 4.96. The molecule has 2 heterocycles. The number of Topliss-reactive ketones (excluding diaryl/α,β-unsaturated/α-hetero) is 1. The van der Waals surface area contributed by atoms with Crippen molar-refractivity contribution in [3.63, 3.8) is 0 Å². The van der Waals surface area contributed by atoms with Gasteiger partial charge in [0.2, 0.25) is 0 Å². The third-order valence-corrected chi connectivity index (χ3v) is 4.96. The number of ether oxygens (including phenoxy) is 1. The molecule has 3 aliphatic rings. The van der Waals surface area contributed by atoms with Crippen LogP contribution in [-0.2, 0) is 9.53 Å². The summed E-state index contributed by atoms with van der Waals surface area (Å²) in [4.78, 5) is 15.0. The van der Waals surface area contributed by atoms with Crippen molar-refractivity contribution < 1.29 is 9.53 Å². The molecule has 3 fully saturated rings. The van der Waals surface area contributed by atoms with Gasteiger partial charge >= 0.3 is 0 Å². The fourth-order valence-electron chi connectivity index (χ4n) is 3.82. The molecule has 2 unspecified atom stereocenters. The van der Waals surface area contributed by atoms with E-state index in [2.05, 4.69) is 4.90 Å². The number of nitrogens with zero attached hydrogens (tertiary/aromatic N) is 1. The highest BCUT2D eigenvalue weighted by molar-refractivity contribution is 5.85. The smallest absolute Gasteiger partial charge is 0.165 e. The van der Waals surface area contributed by atoms with Crippen LogP contribution in [0.1, 0.15) is 51.4 Å². The highest BCUT2D eigenvalue weighted by Crippen LogP contribution is 2.28. The van der Waals surface area contributed by atoms with Crippen LogP contribution in [0.15, 0.2) is 0 Å². The van der Waals surface area contributed by atoms with Crippen LogP contribution in [0.5, 0.6) is 0 Å². The molecule has 102 valence electrons. The van der Waals surface area contributed by atoms with Crippen LogP contribution in [0.2, 0.25) is 0 Å². The van der Waals surface area contributed by atoms with Crippen LogP contribution in [-0.4, -0.2) is 42.5 Å². The van der Waals surface area contributed by atoms with E-state index in [4.69, 9.17) is 4.74 Å². The average Bonchev–Trinajstić information content (AvgIpc) is 2.69. The summed E-state index contributed by atoms with van der Waals surface area (Å²) in [5.74, 6) is 0.693. The van der Waals surface area contributed by atoms with Gasteiger partial charge in [-0.05, 0) is 32.2 Å². The molecule has 2 saturated heterocycles. The van der Waals surface area contributed by atoms with Gasteiger partial charge in [-0.25, -0.2) is 0 Å². The van der Waals surface area contributed by atoms with Gasteiger partial charge in [0.1, 0.15) is 6.10 Å². The minimum Gasteiger partial charge on any atom is -0.367 e. The molecule has 2 atom stereocenters. The highest BCUT2D eigenvalue weighted by atomic mass is 16.5. The Morgan fingerprint density at radius 1 is 1.00 bits per heavy atom. The number of carbonyl (C=O) groups is 1. The molecule has 0 bridgehead atoms. The van der Waals surface area contributed by atoms with E-state index in [9.17, 15) is 4.79 Å². The molecule has 0 aromatic rings. The summed E-state index contributed by atoms with van der Waals surface area (Å²) in [5.41, 5.74) is 0. The molecule has 0 aromatic carbocycles. The SMILES string of the molecule is O=C(C1CCCCCC1)C1CN2CCCC2CO1. The minimum atomic E-state index is -0.123. The Kier molecular flexibility index (Phi) is 4.00. The van der Waals surface area contributed by atoms with Gasteiger partial charge in [-0.1, -0.05) is 25.7 Å². The van der Waals surface area contributed by atoms with Gasteiger partial charge in [0, 0.05) is 18.5 Å². The first-order valence-electron chi connectivity index (χ1n) is 7.74. The normalized spacial score (nSPS) is 35.1. The lowest BCUT2D eigenvalue weighted by molar-refractivity contribution is -0.142. The van der Waals surface area contributed by atoms with Gasteiger partial charge in [0.05, 0.1) is 6.61 Å². The lowest BCUT2D eigenvalue weighted by Gasteiger charge is -2.35. The van der Waals surface area contributed by atoms with E-state index in [1.54, 1.807) is 0 Å². The van der Waals surface area contributed by atoms with E-state index < -0.39 is 0 Å². The van der Waals surface area contributed by atoms with E-state index in [-0.39, 0.29) is 12.0 Å². The van der Waals surface area contributed by atoms with Crippen molar-refractivity contribution in [2.45, 2.75) is 63.5 Å². The Morgan fingerprint density at radius 2 is 1.78 bits per heavy atom. The second kappa shape index (κ2) is 5.70. The van der Waals surface area contributed by atoms with Crippen LogP contribution in [0.4, 0.5) is 0 Å². The quantitative estimate of drug-likeness (QED) is 0.706. The summed E-state index contributed by atoms with van der Waals surface area (Å²) >= 11 is 0. The van der Waals surface area contributed by atoms with Gasteiger partial charge in [0.25, 0.3) is 0 Å². The summed E-state index contributed by atoms with van der Waals surface area (Å²) in [7, 11) is 0. The van der Waals surface area contributed by atoms with Crippen LogP contribution >= 0.6 is 0 Å². The van der Waals surface area contributed by atoms with Crippen LogP contribution < -0.4 is 0 Å². The molecular weight excluding hydrogens is 226 g/mol. The molecule has 2 aliphatic heterocycles. The van der Waals surface area contributed by atoms with Crippen molar-refractivity contribution >= 4 is 5.78 Å². The molecule has 3 nitrogen and oxygen atoms in total. The summed E-state index contributed by atoms with van der Waals surface area (Å²) in [5, 5.41) is 0. The van der Waals surface area contributed by atoms with Crippen molar-refractivity contribution in [3.8, 4) is 0 Å². The Hall–Kier alpha value is -0.410. The maximum Gasteiger partial charge on any atom is 0.165 e. The molecule has 18 heavy (non-hydrogen) atoms. The van der Waals surface area contributed by atoms with E-state index in [1.165, 1.54) is 45.1 Å². The first-order chi connectivity index (χ1) is 8.84. The Labute approximate surface area is 110 Å². The number of morpholine rings is 1. The molecule has 0 radical (unpaired) electrons. The number of hydrogen-bond donors (Lipinski definition) is 0. The molecule has 0 N–H and O–H groups in total. The Morgan fingerprint density at radius 3 is 2.56 bits per heavy atom. The van der Waals surface area contributed by atoms with Crippen molar-refractivity contribution in [1.82, 2.24) is 4.90 Å². The van der Waals surface area contributed by atoms with Gasteiger partial charge in [-0.3, -0.25) is 9.69 Å².